The monoisotopic (exact) mass is 368 g/mol. The SMILES string of the molecule is CC1CCc2ccccc2N1C(=O)CSc1nnc(-c2ccco2)n1C. The summed E-state index contributed by atoms with van der Waals surface area (Å²) < 4.78 is 7.23. The molecule has 0 spiro atoms. The van der Waals surface area contributed by atoms with Crippen LogP contribution in [0.25, 0.3) is 11.6 Å². The Hall–Kier alpha value is -2.54. The second-order valence-electron chi connectivity index (χ2n) is 6.41. The third-order valence-corrected chi connectivity index (χ3v) is 5.70. The number of hydrogen-bond acceptors (Lipinski definition) is 5. The largest absolute Gasteiger partial charge is 0.461 e. The number of para-hydroxylation sites is 1. The van der Waals surface area contributed by atoms with Crippen molar-refractivity contribution in [3.05, 3.63) is 48.2 Å². The van der Waals surface area contributed by atoms with E-state index in [2.05, 4.69) is 23.2 Å². The zero-order chi connectivity index (χ0) is 18.1. The van der Waals surface area contributed by atoms with Crippen LogP contribution in [0.3, 0.4) is 0 Å². The van der Waals surface area contributed by atoms with Gasteiger partial charge in [0.15, 0.2) is 16.7 Å². The first kappa shape index (κ1) is 16.9. The van der Waals surface area contributed by atoms with E-state index in [4.69, 9.17) is 4.42 Å². The van der Waals surface area contributed by atoms with E-state index in [1.54, 1.807) is 6.26 Å². The lowest BCUT2D eigenvalue weighted by Gasteiger charge is -2.35. The number of rotatable bonds is 4. The van der Waals surface area contributed by atoms with Crippen LogP contribution in [0.2, 0.25) is 0 Å². The summed E-state index contributed by atoms with van der Waals surface area (Å²) in [7, 11) is 1.88. The lowest BCUT2D eigenvalue weighted by molar-refractivity contribution is -0.116. The summed E-state index contributed by atoms with van der Waals surface area (Å²) in [5, 5.41) is 9.07. The average Bonchev–Trinajstić information content (AvgIpc) is 3.29. The Morgan fingerprint density at radius 2 is 2.12 bits per heavy atom. The number of amides is 1. The molecule has 1 unspecified atom stereocenters. The molecule has 26 heavy (non-hydrogen) atoms. The normalized spacial score (nSPS) is 16.5. The topological polar surface area (TPSA) is 64.2 Å². The average molecular weight is 368 g/mol. The molecular formula is C19H20N4O2S. The van der Waals surface area contributed by atoms with Crippen molar-refractivity contribution in [2.45, 2.75) is 31.0 Å². The zero-order valence-electron chi connectivity index (χ0n) is 14.8. The fraction of sp³-hybridized carbons (Fsp3) is 0.316. The van der Waals surface area contributed by atoms with Gasteiger partial charge in [0.2, 0.25) is 5.91 Å². The molecule has 6 nitrogen and oxygen atoms in total. The Balaban J connectivity index is 1.50. The van der Waals surface area contributed by atoms with Gasteiger partial charge in [0.1, 0.15) is 0 Å². The number of thioether (sulfide) groups is 1. The lowest BCUT2D eigenvalue weighted by atomic mass is 9.97. The molecule has 0 bridgehead atoms. The fourth-order valence-electron chi connectivity index (χ4n) is 3.33. The maximum atomic E-state index is 12.9. The van der Waals surface area contributed by atoms with Crippen molar-refractivity contribution in [2.24, 2.45) is 7.05 Å². The van der Waals surface area contributed by atoms with E-state index in [1.165, 1.54) is 17.3 Å². The molecular weight excluding hydrogens is 348 g/mol. The summed E-state index contributed by atoms with van der Waals surface area (Å²) in [4.78, 5) is 14.8. The fourth-order valence-corrected chi connectivity index (χ4v) is 4.10. The first-order valence-electron chi connectivity index (χ1n) is 8.61. The maximum absolute atomic E-state index is 12.9. The highest BCUT2D eigenvalue weighted by molar-refractivity contribution is 7.99. The molecule has 3 aromatic rings. The molecule has 4 rings (SSSR count). The Morgan fingerprint density at radius 1 is 1.27 bits per heavy atom. The smallest absolute Gasteiger partial charge is 0.237 e. The van der Waals surface area contributed by atoms with Crippen molar-refractivity contribution in [3.8, 4) is 11.6 Å². The van der Waals surface area contributed by atoms with Gasteiger partial charge in [-0.1, -0.05) is 30.0 Å². The maximum Gasteiger partial charge on any atom is 0.237 e. The predicted molar refractivity (Wildman–Crippen MR) is 101 cm³/mol. The van der Waals surface area contributed by atoms with Gasteiger partial charge in [0.25, 0.3) is 0 Å². The number of furan rings is 1. The summed E-state index contributed by atoms with van der Waals surface area (Å²) in [5.41, 5.74) is 2.27. The van der Waals surface area contributed by atoms with Crippen molar-refractivity contribution in [1.82, 2.24) is 14.8 Å². The first-order valence-corrected chi connectivity index (χ1v) is 9.59. The van der Waals surface area contributed by atoms with E-state index in [-0.39, 0.29) is 11.9 Å². The highest BCUT2D eigenvalue weighted by Gasteiger charge is 2.28. The minimum Gasteiger partial charge on any atom is -0.461 e. The molecule has 1 amide bonds. The standard InChI is InChI=1S/C19H20N4O2S/c1-13-9-10-14-6-3-4-7-15(14)23(13)17(24)12-26-19-21-20-18(22(19)2)16-8-5-11-25-16/h3-8,11,13H,9-10,12H2,1-2H3. The van der Waals surface area contributed by atoms with E-state index < -0.39 is 0 Å². The van der Waals surface area contributed by atoms with Crippen LogP contribution in [-0.4, -0.2) is 32.5 Å². The lowest BCUT2D eigenvalue weighted by Crippen LogP contribution is -2.43. The van der Waals surface area contributed by atoms with Crippen LogP contribution in [0.15, 0.2) is 52.2 Å². The van der Waals surface area contributed by atoms with E-state index in [0.29, 0.717) is 22.5 Å². The van der Waals surface area contributed by atoms with Gasteiger partial charge in [-0.3, -0.25) is 4.79 Å². The van der Waals surface area contributed by atoms with Crippen LogP contribution >= 0.6 is 11.8 Å². The van der Waals surface area contributed by atoms with Crippen molar-refractivity contribution in [1.29, 1.82) is 0 Å². The highest BCUT2D eigenvalue weighted by Crippen LogP contribution is 2.31. The summed E-state index contributed by atoms with van der Waals surface area (Å²) >= 11 is 1.40. The van der Waals surface area contributed by atoms with Gasteiger partial charge in [-0.05, 0) is 43.5 Å². The molecule has 1 aliphatic rings. The molecule has 0 saturated heterocycles. The van der Waals surface area contributed by atoms with Gasteiger partial charge in [-0.15, -0.1) is 10.2 Å². The first-order chi connectivity index (χ1) is 12.6. The quantitative estimate of drug-likeness (QED) is 0.659. The second-order valence-corrected chi connectivity index (χ2v) is 7.35. The summed E-state index contributed by atoms with van der Waals surface area (Å²) in [6, 6.07) is 12.0. The Bertz CT molecular complexity index is 920. The van der Waals surface area contributed by atoms with Gasteiger partial charge in [0.05, 0.1) is 12.0 Å². The van der Waals surface area contributed by atoms with Crippen LogP contribution in [0.1, 0.15) is 18.9 Å². The molecule has 0 radical (unpaired) electrons. The molecule has 1 aromatic carbocycles. The minimum atomic E-state index is 0.0946. The van der Waals surface area contributed by atoms with Gasteiger partial charge in [0, 0.05) is 18.8 Å². The Labute approximate surface area is 156 Å². The summed E-state index contributed by atoms with van der Waals surface area (Å²) in [6.07, 6.45) is 3.61. The third-order valence-electron chi connectivity index (χ3n) is 4.69. The minimum absolute atomic E-state index is 0.0946. The second kappa shape index (κ2) is 6.99. The van der Waals surface area contributed by atoms with E-state index >= 15 is 0 Å². The number of nitrogens with zero attached hydrogens (tertiary/aromatic N) is 4. The Kier molecular flexibility index (Phi) is 4.55. The van der Waals surface area contributed by atoms with Gasteiger partial charge in [-0.25, -0.2) is 0 Å². The number of hydrogen-bond donors (Lipinski definition) is 0. The summed E-state index contributed by atoms with van der Waals surface area (Å²) in [6.45, 7) is 2.11. The predicted octanol–water partition coefficient (Wildman–Crippen LogP) is 3.54. The molecule has 3 heterocycles. The van der Waals surface area contributed by atoms with Crippen LogP contribution in [0.5, 0.6) is 0 Å². The number of carbonyl (C=O) groups excluding carboxylic acids is 1. The Morgan fingerprint density at radius 3 is 2.92 bits per heavy atom. The van der Waals surface area contributed by atoms with Gasteiger partial charge < -0.3 is 13.9 Å². The van der Waals surface area contributed by atoms with E-state index in [0.717, 1.165) is 18.5 Å². The van der Waals surface area contributed by atoms with Gasteiger partial charge in [-0.2, -0.15) is 0 Å². The number of aromatic nitrogens is 3. The van der Waals surface area contributed by atoms with Gasteiger partial charge >= 0.3 is 0 Å². The van der Waals surface area contributed by atoms with Crippen LogP contribution in [0.4, 0.5) is 5.69 Å². The van der Waals surface area contributed by atoms with E-state index in [1.807, 2.05) is 46.8 Å². The number of fused-ring (bicyclic) bond motifs is 1. The summed E-state index contributed by atoms with van der Waals surface area (Å²) in [5.74, 6) is 1.73. The van der Waals surface area contributed by atoms with Crippen LogP contribution in [-0.2, 0) is 18.3 Å². The molecule has 7 heteroatoms. The molecule has 0 saturated carbocycles. The third kappa shape index (κ3) is 3.03. The highest BCUT2D eigenvalue weighted by atomic mass is 32.2. The molecule has 1 aliphatic heterocycles. The van der Waals surface area contributed by atoms with E-state index in [9.17, 15) is 4.79 Å². The molecule has 2 aromatic heterocycles. The van der Waals surface area contributed by atoms with Crippen molar-refractivity contribution in [2.75, 3.05) is 10.7 Å². The molecule has 134 valence electrons. The number of anilines is 1. The molecule has 1 atom stereocenters. The van der Waals surface area contributed by atoms with Crippen LogP contribution in [0, 0.1) is 0 Å². The molecule has 0 aliphatic carbocycles. The molecule has 0 fully saturated rings. The van der Waals surface area contributed by atoms with Crippen LogP contribution < -0.4 is 4.90 Å². The zero-order valence-corrected chi connectivity index (χ0v) is 15.6. The molecule has 0 N–H and O–H groups in total. The van der Waals surface area contributed by atoms with Crippen molar-refractivity contribution >= 4 is 23.4 Å². The number of benzene rings is 1. The van der Waals surface area contributed by atoms with Crippen molar-refractivity contribution in [3.63, 3.8) is 0 Å². The number of carbonyl (C=O) groups is 1. The van der Waals surface area contributed by atoms with Crippen molar-refractivity contribution < 1.29 is 9.21 Å². The number of aryl methyl sites for hydroxylation is 1.